The molecule has 1 saturated heterocycles. The van der Waals surface area contributed by atoms with Crippen LogP contribution in [0, 0.1) is 0 Å². The number of nitrogens with one attached hydrogen (secondary N) is 1. The molecule has 3 amide bonds. The van der Waals surface area contributed by atoms with E-state index in [4.69, 9.17) is 14.2 Å². The highest BCUT2D eigenvalue weighted by Gasteiger charge is 2.40. The van der Waals surface area contributed by atoms with Gasteiger partial charge in [-0.15, -0.1) is 0 Å². The van der Waals surface area contributed by atoms with E-state index in [9.17, 15) is 24.3 Å². The molecule has 35 heavy (non-hydrogen) atoms. The summed E-state index contributed by atoms with van der Waals surface area (Å²) >= 11 is 0. The second-order valence-electron chi connectivity index (χ2n) is 8.03. The quantitative estimate of drug-likeness (QED) is 0.570. The third kappa shape index (κ3) is 4.90. The number of methoxy groups -OCH3 is 2. The third-order valence-electron chi connectivity index (χ3n) is 5.97. The van der Waals surface area contributed by atoms with E-state index in [1.54, 1.807) is 44.6 Å². The molecule has 0 aliphatic carbocycles. The molecule has 2 heterocycles. The van der Waals surface area contributed by atoms with Crippen LogP contribution < -0.4 is 19.9 Å². The first-order chi connectivity index (χ1) is 16.8. The van der Waals surface area contributed by atoms with E-state index in [2.05, 4.69) is 5.32 Å². The number of hydrogen-bond acceptors (Lipinski definition) is 8. The highest BCUT2D eigenvalue weighted by atomic mass is 16.5. The van der Waals surface area contributed by atoms with Gasteiger partial charge in [-0.3, -0.25) is 14.4 Å². The summed E-state index contributed by atoms with van der Waals surface area (Å²) in [6, 6.07) is 9.62. The topological polar surface area (TPSA) is 138 Å². The van der Waals surface area contributed by atoms with Crippen molar-refractivity contribution in [2.24, 2.45) is 0 Å². The van der Waals surface area contributed by atoms with Gasteiger partial charge in [-0.2, -0.15) is 0 Å². The molecule has 11 nitrogen and oxygen atoms in total. The number of carbonyl (C=O) groups excluding carboxylic acids is 4. The lowest BCUT2D eigenvalue weighted by atomic mass is 10.00. The van der Waals surface area contributed by atoms with E-state index >= 15 is 0 Å². The fourth-order valence-electron chi connectivity index (χ4n) is 4.20. The van der Waals surface area contributed by atoms with E-state index in [0.29, 0.717) is 22.7 Å². The molecular formula is C24H24N3O8-. The molecule has 1 N–H and O–H groups in total. The number of carboxylic acid groups (broad SMARTS) is 1. The highest BCUT2D eigenvalue weighted by Crippen LogP contribution is 2.36. The number of piperazine rings is 1. The Bertz CT molecular complexity index is 1180. The Morgan fingerprint density at radius 3 is 2.54 bits per heavy atom. The molecule has 2 aliphatic heterocycles. The normalized spacial score (nSPS) is 17.1. The number of nitrogens with zero attached hydrogens (tertiary/aromatic N) is 2. The monoisotopic (exact) mass is 482 g/mol. The first-order valence-corrected chi connectivity index (χ1v) is 10.9. The molecule has 11 heteroatoms. The van der Waals surface area contributed by atoms with Crippen molar-refractivity contribution in [1.82, 2.24) is 9.80 Å². The maximum Gasteiger partial charge on any atom is 0.256 e. The summed E-state index contributed by atoms with van der Waals surface area (Å²) in [4.78, 5) is 52.1. The SMILES string of the molecule is COc1ccc(-c2ccc3c(c2)C(=O)N2CCN(C(=O)COCC(=O)[O-])C[C@H]2C(=O)N3)c(OC)c1. The number of ether oxygens (including phenoxy) is 3. The minimum Gasteiger partial charge on any atom is -0.548 e. The first kappa shape index (κ1) is 24.0. The molecule has 184 valence electrons. The van der Waals surface area contributed by atoms with Crippen LogP contribution in [0.2, 0.25) is 0 Å². The molecule has 0 aromatic heterocycles. The minimum absolute atomic E-state index is 0.0295. The summed E-state index contributed by atoms with van der Waals surface area (Å²) < 4.78 is 15.5. The van der Waals surface area contributed by atoms with Gasteiger partial charge < -0.3 is 39.2 Å². The zero-order valence-corrected chi connectivity index (χ0v) is 19.2. The van der Waals surface area contributed by atoms with E-state index in [1.165, 1.54) is 9.80 Å². The fraction of sp³-hybridized carbons (Fsp3) is 0.333. The van der Waals surface area contributed by atoms with Crippen LogP contribution in [0.15, 0.2) is 36.4 Å². The zero-order chi connectivity index (χ0) is 25.1. The Kier molecular flexibility index (Phi) is 6.87. The van der Waals surface area contributed by atoms with Crippen molar-refractivity contribution < 1.29 is 38.5 Å². The number of hydrogen-bond donors (Lipinski definition) is 1. The lowest BCUT2D eigenvalue weighted by molar-refractivity contribution is -0.309. The van der Waals surface area contributed by atoms with Gasteiger partial charge in [0.1, 0.15) is 24.1 Å². The van der Waals surface area contributed by atoms with Crippen LogP contribution >= 0.6 is 0 Å². The second kappa shape index (κ2) is 10.0. The molecule has 2 aliphatic rings. The van der Waals surface area contributed by atoms with Gasteiger partial charge in [0.15, 0.2) is 0 Å². The number of rotatable bonds is 7. The molecule has 0 bridgehead atoms. The predicted octanol–water partition coefficient (Wildman–Crippen LogP) is -0.258. The van der Waals surface area contributed by atoms with Crippen molar-refractivity contribution in [2.45, 2.75) is 6.04 Å². The predicted molar refractivity (Wildman–Crippen MR) is 121 cm³/mol. The molecule has 2 aromatic rings. The molecule has 0 radical (unpaired) electrons. The van der Waals surface area contributed by atoms with E-state index < -0.39 is 37.0 Å². The van der Waals surface area contributed by atoms with Gasteiger partial charge >= 0.3 is 0 Å². The van der Waals surface area contributed by atoms with Gasteiger partial charge in [0.05, 0.1) is 44.6 Å². The van der Waals surface area contributed by atoms with E-state index in [-0.39, 0.29) is 25.5 Å². The number of carbonyl (C=O) groups is 4. The molecule has 4 rings (SSSR count). The van der Waals surface area contributed by atoms with Gasteiger partial charge in [-0.05, 0) is 29.8 Å². The van der Waals surface area contributed by atoms with E-state index in [1.807, 2.05) is 6.07 Å². The van der Waals surface area contributed by atoms with Gasteiger partial charge in [0.2, 0.25) is 11.8 Å². The second-order valence-corrected chi connectivity index (χ2v) is 8.03. The van der Waals surface area contributed by atoms with Crippen molar-refractivity contribution in [3.05, 3.63) is 42.0 Å². The molecular weight excluding hydrogens is 458 g/mol. The van der Waals surface area contributed by atoms with Crippen molar-refractivity contribution in [1.29, 1.82) is 0 Å². The van der Waals surface area contributed by atoms with Crippen LogP contribution in [0.25, 0.3) is 11.1 Å². The molecule has 2 aromatic carbocycles. The van der Waals surface area contributed by atoms with Crippen molar-refractivity contribution in [2.75, 3.05) is 52.4 Å². The average Bonchev–Trinajstić information content (AvgIpc) is 2.97. The van der Waals surface area contributed by atoms with Crippen LogP contribution in [-0.2, 0) is 19.1 Å². The van der Waals surface area contributed by atoms with Crippen LogP contribution in [0.5, 0.6) is 11.5 Å². The summed E-state index contributed by atoms with van der Waals surface area (Å²) in [6.07, 6.45) is 0. The van der Waals surface area contributed by atoms with Crippen molar-refractivity contribution in [3.63, 3.8) is 0 Å². The third-order valence-corrected chi connectivity index (χ3v) is 5.97. The Hall–Kier alpha value is -4.12. The smallest absolute Gasteiger partial charge is 0.256 e. The van der Waals surface area contributed by atoms with Gasteiger partial charge in [0, 0.05) is 24.7 Å². The number of aliphatic carboxylic acids is 1. The summed E-state index contributed by atoms with van der Waals surface area (Å²) in [5.74, 6) is -1.45. The van der Waals surface area contributed by atoms with Crippen LogP contribution in [0.1, 0.15) is 10.4 Å². The Labute approximate surface area is 201 Å². The van der Waals surface area contributed by atoms with Crippen molar-refractivity contribution >= 4 is 29.4 Å². The number of benzene rings is 2. The zero-order valence-electron chi connectivity index (χ0n) is 19.2. The molecule has 0 unspecified atom stereocenters. The first-order valence-electron chi connectivity index (χ1n) is 10.9. The average molecular weight is 482 g/mol. The van der Waals surface area contributed by atoms with Gasteiger partial charge in [-0.1, -0.05) is 6.07 Å². The van der Waals surface area contributed by atoms with Gasteiger partial charge in [-0.25, -0.2) is 0 Å². The Morgan fingerprint density at radius 1 is 1.03 bits per heavy atom. The highest BCUT2D eigenvalue weighted by molar-refractivity contribution is 6.11. The van der Waals surface area contributed by atoms with Crippen LogP contribution in [-0.4, -0.2) is 86.6 Å². The molecule has 0 spiro atoms. The van der Waals surface area contributed by atoms with Crippen molar-refractivity contribution in [3.8, 4) is 22.6 Å². The molecule has 1 fully saturated rings. The lowest BCUT2D eigenvalue weighted by Gasteiger charge is -2.39. The summed E-state index contributed by atoms with van der Waals surface area (Å²) in [5.41, 5.74) is 2.18. The number of carboxylic acids is 1. The largest absolute Gasteiger partial charge is 0.548 e. The van der Waals surface area contributed by atoms with Crippen LogP contribution in [0.4, 0.5) is 5.69 Å². The summed E-state index contributed by atoms with van der Waals surface area (Å²) in [6.45, 7) is -0.866. The number of amides is 3. The van der Waals surface area contributed by atoms with Gasteiger partial charge in [0.25, 0.3) is 5.91 Å². The summed E-state index contributed by atoms with van der Waals surface area (Å²) in [7, 11) is 3.10. The van der Waals surface area contributed by atoms with Crippen LogP contribution in [0.3, 0.4) is 0 Å². The molecule has 1 atom stereocenters. The fourth-order valence-corrected chi connectivity index (χ4v) is 4.20. The number of anilines is 1. The minimum atomic E-state index is -1.43. The Morgan fingerprint density at radius 2 is 1.83 bits per heavy atom. The standard InChI is InChI=1S/C24H25N3O8/c1-33-15-4-5-16(20(10-15)34-2)14-3-6-18-17(9-14)24(32)27-8-7-26(11-19(27)23(31)25-18)21(28)12-35-13-22(29)30/h3-6,9-10,19H,7-8,11-13H2,1-2H3,(H,25,31)(H,29,30)/p-1/t19-/m0/s1. The lowest BCUT2D eigenvalue weighted by Crippen LogP contribution is -2.60. The summed E-state index contributed by atoms with van der Waals surface area (Å²) in [5, 5.41) is 13.3. The maximum absolute atomic E-state index is 13.5. The molecule has 0 saturated carbocycles. The number of fused-ring (bicyclic) bond motifs is 2. The maximum atomic E-state index is 13.5. The van der Waals surface area contributed by atoms with E-state index in [0.717, 1.165) is 11.1 Å². The Balaban J connectivity index is 1.57.